The van der Waals surface area contributed by atoms with Crippen LogP contribution in [0.4, 0.5) is 16.2 Å². The van der Waals surface area contributed by atoms with E-state index in [4.69, 9.17) is 16.1 Å². The predicted molar refractivity (Wildman–Crippen MR) is 140 cm³/mol. The summed E-state index contributed by atoms with van der Waals surface area (Å²) in [6, 6.07) is 20.6. The minimum atomic E-state index is -0.336. The minimum Gasteiger partial charge on any atom is -0.332 e. The molecule has 5 rings (SSSR count). The Balaban J connectivity index is 1.20. The van der Waals surface area contributed by atoms with Crippen molar-refractivity contribution >= 4 is 29.0 Å². The molecule has 36 heavy (non-hydrogen) atoms. The first-order valence-electron chi connectivity index (χ1n) is 11.3. The van der Waals surface area contributed by atoms with Gasteiger partial charge < -0.3 is 19.7 Å². The lowest BCUT2D eigenvalue weighted by Crippen LogP contribution is -2.20. The number of nitrogens with zero attached hydrogens (tertiary/aromatic N) is 4. The monoisotopic (exact) mass is 498 g/mol. The Hall–Kier alpha value is -4.43. The molecule has 5 aromatic rings. The van der Waals surface area contributed by atoms with E-state index in [1.54, 1.807) is 18.5 Å². The van der Waals surface area contributed by atoms with Gasteiger partial charge >= 0.3 is 6.03 Å². The normalized spacial score (nSPS) is 10.9. The first kappa shape index (κ1) is 23.3. The van der Waals surface area contributed by atoms with Crippen molar-refractivity contribution in [3.8, 4) is 23.0 Å². The number of halogens is 1. The summed E-state index contributed by atoms with van der Waals surface area (Å²) in [5, 5.41) is 10.3. The molecule has 0 saturated carbocycles. The summed E-state index contributed by atoms with van der Waals surface area (Å²) < 4.78 is 7.35. The second-order valence-corrected chi connectivity index (χ2v) is 8.89. The SMILES string of the molecule is Cc1ccc(-c2noc(-c3cn(Cc4ccc(NC(=O)Nc5cc(Cl)ccc5C)cc4)cn3)n2)cc1. The molecule has 180 valence electrons. The van der Waals surface area contributed by atoms with E-state index in [0.29, 0.717) is 40.4 Å². The molecule has 3 aromatic carbocycles. The average Bonchev–Trinajstić information content (AvgIpc) is 3.53. The standard InChI is InChI=1S/C27H23ClN6O2/c1-17-3-8-20(9-4-17)25-32-26(36-33-25)24-15-34(16-29-24)14-19-6-11-22(12-7-19)30-27(35)31-23-13-21(28)10-5-18(23)2/h3-13,15-16H,14H2,1-2H3,(H2,30,31,35). The van der Waals surface area contributed by atoms with Crippen LogP contribution in [-0.2, 0) is 6.54 Å². The summed E-state index contributed by atoms with van der Waals surface area (Å²) in [6.07, 6.45) is 3.58. The van der Waals surface area contributed by atoms with Crippen LogP contribution < -0.4 is 10.6 Å². The summed E-state index contributed by atoms with van der Waals surface area (Å²) >= 11 is 6.02. The molecule has 2 heterocycles. The molecule has 8 nitrogen and oxygen atoms in total. The van der Waals surface area contributed by atoms with Crippen LogP contribution >= 0.6 is 11.6 Å². The highest BCUT2D eigenvalue weighted by Gasteiger charge is 2.13. The highest BCUT2D eigenvalue weighted by atomic mass is 35.5. The number of anilines is 2. The lowest BCUT2D eigenvalue weighted by Gasteiger charge is -2.11. The van der Waals surface area contributed by atoms with Gasteiger partial charge in [0.25, 0.3) is 5.89 Å². The number of aromatic nitrogens is 4. The molecule has 2 amide bonds. The Morgan fingerprint density at radius 1 is 1.00 bits per heavy atom. The van der Waals surface area contributed by atoms with Gasteiger partial charge in [-0.2, -0.15) is 4.98 Å². The first-order chi connectivity index (χ1) is 17.4. The van der Waals surface area contributed by atoms with Crippen molar-refractivity contribution in [1.29, 1.82) is 0 Å². The number of amides is 2. The molecule has 0 aliphatic rings. The molecular formula is C27H23ClN6O2. The largest absolute Gasteiger partial charge is 0.332 e. The van der Waals surface area contributed by atoms with Crippen LogP contribution in [0.25, 0.3) is 23.0 Å². The molecule has 9 heteroatoms. The average molecular weight is 499 g/mol. The molecule has 0 bridgehead atoms. The number of hydrogen-bond acceptors (Lipinski definition) is 5. The number of benzene rings is 3. The number of imidazole rings is 1. The topological polar surface area (TPSA) is 97.9 Å². The fourth-order valence-corrected chi connectivity index (χ4v) is 3.79. The lowest BCUT2D eigenvalue weighted by atomic mass is 10.1. The van der Waals surface area contributed by atoms with Crippen molar-refractivity contribution in [3.05, 3.63) is 101 Å². The number of hydrogen-bond donors (Lipinski definition) is 2. The number of carbonyl (C=O) groups is 1. The quantitative estimate of drug-likeness (QED) is 0.276. The van der Waals surface area contributed by atoms with E-state index >= 15 is 0 Å². The summed E-state index contributed by atoms with van der Waals surface area (Å²) in [5.41, 5.74) is 5.97. The van der Waals surface area contributed by atoms with E-state index in [1.165, 1.54) is 5.56 Å². The number of rotatable bonds is 6. The van der Waals surface area contributed by atoms with Crippen LogP contribution in [0.2, 0.25) is 5.02 Å². The first-order valence-corrected chi connectivity index (χ1v) is 11.7. The summed E-state index contributed by atoms with van der Waals surface area (Å²) in [6.45, 7) is 4.53. The molecule has 0 spiro atoms. The zero-order chi connectivity index (χ0) is 25.1. The van der Waals surface area contributed by atoms with E-state index in [2.05, 4.69) is 25.8 Å². The van der Waals surface area contributed by atoms with Crippen LogP contribution in [0, 0.1) is 13.8 Å². The maximum absolute atomic E-state index is 12.4. The number of aryl methyl sites for hydroxylation is 2. The summed E-state index contributed by atoms with van der Waals surface area (Å²) in [7, 11) is 0. The molecule has 0 fully saturated rings. The van der Waals surface area contributed by atoms with Crippen LogP contribution in [-0.4, -0.2) is 25.7 Å². The van der Waals surface area contributed by atoms with Crippen LogP contribution in [0.15, 0.2) is 83.8 Å². The zero-order valence-electron chi connectivity index (χ0n) is 19.7. The molecule has 0 radical (unpaired) electrons. The molecule has 2 N–H and O–H groups in total. The van der Waals surface area contributed by atoms with Crippen LogP contribution in [0.3, 0.4) is 0 Å². The van der Waals surface area contributed by atoms with E-state index in [1.807, 2.05) is 79.2 Å². The Morgan fingerprint density at radius 3 is 2.56 bits per heavy atom. The summed E-state index contributed by atoms with van der Waals surface area (Å²) in [5.74, 6) is 0.891. The lowest BCUT2D eigenvalue weighted by molar-refractivity contribution is 0.262. The third-order valence-corrected chi connectivity index (χ3v) is 5.85. The van der Waals surface area contributed by atoms with E-state index in [-0.39, 0.29) is 6.03 Å². The molecule has 0 atom stereocenters. The Morgan fingerprint density at radius 2 is 1.78 bits per heavy atom. The van der Waals surface area contributed by atoms with E-state index in [0.717, 1.165) is 16.7 Å². The fraction of sp³-hybridized carbons (Fsp3) is 0.111. The molecule has 2 aromatic heterocycles. The maximum atomic E-state index is 12.4. The fourth-order valence-electron chi connectivity index (χ4n) is 3.62. The van der Waals surface area contributed by atoms with Crippen LogP contribution in [0.1, 0.15) is 16.7 Å². The van der Waals surface area contributed by atoms with Crippen molar-refractivity contribution in [2.24, 2.45) is 0 Å². The molecular weight excluding hydrogens is 476 g/mol. The second kappa shape index (κ2) is 10.1. The molecule has 0 aliphatic heterocycles. The Bertz CT molecular complexity index is 1510. The van der Waals surface area contributed by atoms with Gasteiger partial charge in [-0.3, -0.25) is 0 Å². The third kappa shape index (κ3) is 5.45. The van der Waals surface area contributed by atoms with Crippen molar-refractivity contribution in [1.82, 2.24) is 19.7 Å². The number of nitrogens with one attached hydrogen (secondary N) is 2. The molecule has 0 unspecified atom stereocenters. The number of urea groups is 1. The second-order valence-electron chi connectivity index (χ2n) is 8.46. The highest BCUT2D eigenvalue weighted by Crippen LogP contribution is 2.23. The van der Waals surface area contributed by atoms with Gasteiger partial charge in [0.15, 0.2) is 0 Å². The molecule has 0 saturated heterocycles. The van der Waals surface area contributed by atoms with Gasteiger partial charge in [-0.25, -0.2) is 9.78 Å². The van der Waals surface area contributed by atoms with E-state index < -0.39 is 0 Å². The van der Waals surface area contributed by atoms with Gasteiger partial charge in [-0.1, -0.05) is 64.8 Å². The van der Waals surface area contributed by atoms with E-state index in [9.17, 15) is 4.79 Å². The minimum absolute atomic E-state index is 0.336. The van der Waals surface area contributed by atoms with Gasteiger partial charge in [0, 0.05) is 34.7 Å². The van der Waals surface area contributed by atoms with Gasteiger partial charge in [0.05, 0.1) is 6.33 Å². The van der Waals surface area contributed by atoms with Gasteiger partial charge in [0.1, 0.15) is 5.69 Å². The Kier molecular flexibility index (Phi) is 6.51. The van der Waals surface area contributed by atoms with Crippen molar-refractivity contribution in [2.75, 3.05) is 10.6 Å². The smallest absolute Gasteiger partial charge is 0.323 e. The maximum Gasteiger partial charge on any atom is 0.323 e. The van der Waals surface area contributed by atoms with Gasteiger partial charge in [-0.15, -0.1) is 0 Å². The summed E-state index contributed by atoms with van der Waals surface area (Å²) in [4.78, 5) is 21.2. The van der Waals surface area contributed by atoms with Crippen LogP contribution in [0.5, 0.6) is 0 Å². The van der Waals surface area contributed by atoms with Crippen molar-refractivity contribution in [2.45, 2.75) is 20.4 Å². The molecule has 0 aliphatic carbocycles. The van der Waals surface area contributed by atoms with Crippen molar-refractivity contribution in [3.63, 3.8) is 0 Å². The van der Waals surface area contributed by atoms with Gasteiger partial charge in [0.2, 0.25) is 5.82 Å². The third-order valence-electron chi connectivity index (χ3n) is 5.61. The Labute approximate surface area is 213 Å². The highest BCUT2D eigenvalue weighted by molar-refractivity contribution is 6.31. The zero-order valence-corrected chi connectivity index (χ0v) is 20.5. The van der Waals surface area contributed by atoms with Crippen molar-refractivity contribution < 1.29 is 9.32 Å². The van der Waals surface area contributed by atoms with Gasteiger partial charge in [-0.05, 0) is 49.2 Å². The number of carbonyl (C=O) groups excluding carboxylic acids is 1. The predicted octanol–water partition coefficient (Wildman–Crippen LogP) is 6.56.